The van der Waals surface area contributed by atoms with E-state index in [1.54, 1.807) is 0 Å². The van der Waals surface area contributed by atoms with E-state index in [-0.39, 0.29) is 10.8 Å². The number of rotatable bonds is 2. The first-order valence-corrected chi connectivity index (χ1v) is 10.7. The van der Waals surface area contributed by atoms with Gasteiger partial charge in [0.25, 0.3) is 0 Å². The molecule has 26 heavy (non-hydrogen) atoms. The van der Waals surface area contributed by atoms with Gasteiger partial charge in [0.1, 0.15) is 11.4 Å². The highest BCUT2D eigenvalue weighted by atomic mass is 79.9. The van der Waals surface area contributed by atoms with Crippen LogP contribution in [0.3, 0.4) is 0 Å². The van der Waals surface area contributed by atoms with Gasteiger partial charge in [-0.3, -0.25) is 0 Å². The summed E-state index contributed by atoms with van der Waals surface area (Å²) in [6.45, 7) is 6.74. The molecular formula is C18H25BrN2O4S. The van der Waals surface area contributed by atoms with E-state index in [9.17, 15) is 14.1 Å². The molecule has 2 aliphatic rings. The third-order valence-corrected chi connectivity index (χ3v) is 7.10. The quantitative estimate of drug-likeness (QED) is 0.725. The second-order valence-electron chi connectivity index (χ2n) is 7.99. The van der Waals surface area contributed by atoms with E-state index in [1.807, 2.05) is 39.0 Å². The number of amides is 1. The van der Waals surface area contributed by atoms with Crippen molar-refractivity contribution in [1.82, 2.24) is 9.62 Å². The van der Waals surface area contributed by atoms with Crippen molar-refractivity contribution in [2.45, 2.75) is 56.4 Å². The van der Waals surface area contributed by atoms with Crippen molar-refractivity contribution in [2.24, 2.45) is 0 Å². The van der Waals surface area contributed by atoms with Gasteiger partial charge in [0.15, 0.2) is 0 Å². The molecule has 0 radical (unpaired) electrons. The molecule has 1 aromatic carbocycles. The first-order valence-electron chi connectivity index (χ1n) is 8.74. The minimum Gasteiger partial charge on any atom is -0.487 e. The number of carbonyl (C=O) groups is 1. The zero-order valence-corrected chi connectivity index (χ0v) is 17.7. The molecule has 1 saturated heterocycles. The Hall–Kier alpha value is -1.12. The molecule has 1 aromatic rings. The Labute approximate surface area is 165 Å². The van der Waals surface area contributed by atoms with Crippen LogP contribution in [0.1, 0.15) is 51.6 Å². The summed E-state index contributed by atoms with van der Waals surface area (Å²) in [6, 6.07) is 5.76. The maximum Gasteiger partial charge on any atom is 0.407 e. The number of halogens is 1. The molecule has 0 aliphatic carbocycles. The molecule has 2 atom stereocenters. The number of hydrogen-bond donors (Lipinski definition) is 2. The van der Waals surface area contributed by atoms with Crippen molar-refractivity contribution in [1.29, 1.82) is 0 Å². The number of nitrogens with one attached hydrogen (secondary N) is 1. The lowest BCUT2D eigenvalue weighted by Crippen LogP contribution is -2.53. The Morgan fingerprint density at radius 1 is 1.38 bits per heavy atom. The Bertz CT molecular complexity index is 726. The van der Waals surface area contributed by atoms with Gasteiger partial charge in [-0.05, 0) is 39.0 Å². The normalized spacial score (nSPS) is 23.2. The molecule has 1 fully saturated rings. The second-order valence-corrected chi connectivity index (χ2v) is 10.9. The zero-order valence-electron chi connectivity index (χ0n) is 15.3. The van der Waals surface area contributed by atoms with Crippen LogP contribution in [0.2, 0.25) is 0 Å². The number of benzene rings is 1. The summed E-state index contributed by atoms with van der Waals surface area (Å²) in [4.78, 5) is 12.6. The van der Waals surface area contributed by atoms with Gasteiger partial charge in [-0.25, -0.2) is 13.7 Å². The predicted octanol–water partition coefficient (Wildman–Crippen LogP) is 3.84. The molecule has 144 valence electrons. The Morgan fingerprint density at radius 3 is 2.62 bits per heavy atom. The third kappa shape index (κ3) is 4.07. The largest absolute Gasteiger partial charge is 0.487 e. The van der Waals surface area contributed by atoms with Crippen molar-refractivity contribution in [3.8, 4) is 5.75 Å². The highest BCUT2D eigenvalue weighted by Gasteiger charge is 2.44. The Kier molecular flexibility index (Phi) is 5.38. The molecule has 2 N–H and O–H groups in total. The van der Waals surface area contributed by atoms with Crippen LogP contribution in [0.15, 0.2) is 22.7 Å². The standard InChI is InChI=1S/C18H25BrN2O4S/c1-17(2,3)26(24)20-14-11-18(6-8-21(9-7-18)16(22)23)25-15-5-4-12(19)10-13(14)15/h4-5,10,14,20H,6-9,11H2,1-3H3,(H,22,23)/t14-,26?/m0/s1. The number of nitrogens with zero attached hydrogens (tertiary/aromatic N) is 1. The van der Waals surface area contributed by atoms with E-state index in [0.717, 1.165) is 15.8 Å². The van der Waals surface area contributed by atoms with Gasteiger partial charge in [0, 0.05) is 42.4 Å². The van der Waals surface area contributed by atoms with E-state index in [4.69, 9.17) is 4.74 Å². The summed E-state index contributed by atoms with van der Waals surface area (Å²) < 4.78 is 22.9. The number of carboxylic acid groups (broad SMARTS) is 1. The first kappa shape index (κ1) is 19.6. The van der Waals surface area contributed by atoms with Gasteiger partial charge < -0.3 is 14.7 Å². The molecule has 2 heterocycles. The minimum absolute atomic E-state index is 0.104. The van der Waals surface area contributed by atoms with Crippen LogP contribution in [0, 0.1) is 0 Å². The molecule has 6 nitrogen and oxygen atoms in total. The summed E-state index contributed by atoms with van der Waals surface area (Å²) in [6.07, 6.45) is 1.05. The Morgan fingerprint density at radius 2 is 2.04 bits per heavy atom. The number of piperidine rings is 1. The van der Waals surface area contributed by atoms with Gasteiger partial charge in [-0.15, -0.1) is 0 Å². The highest BCUT2D eigenvalue weighted by Crippen LogP contribution is 2.45. The molecule has 0 saturated carbocycles. The smallest absolute Gasteiger partial charge is 0.407 e. The van der Waals surface area contributed by atoms with Gasteiger partial charge in [0.05, 0.1) is 21.8 Å². The van der Waals surface area contributed by atoms with E-state index in [1.165, 1.54) is 4.90 Å². The fourth-order valence-electron chi connectivity index (χ4n) is 3.46. The topological polar surface area (TPSA) is 78.9 Å². The van der Waals surface area contributed by atoms with Crippen LogP contribution >= 0.6 is 15.9 Å². The van der Waals surface area contributed by atoms with Crippen LogP contribution in [-0.2, 0) is 11.0 Å². The van der Waals surface area contributed by atoms with E-state index >= 15 is 0 Å². The summed E-state index contributed by atoms with van der Waals surface area (Å²) in [7, 11) is -1.21. The number of likely N-dealkylation sites (tertiary alicyclic amines) is 1. The van der Waals surface area contributed by atoms with Crippen molar-refractivity contribution < 1.29 is 18.8 Å². The van der Waals surface area contributed by atoms with Gasteiger partial charge >= 0.3 is 6.09 Å². The maximum atomic E-state index is 12.7. The maximum absolute atomic E-state index is 12.7. The van der Waals surface area contributed by atoms with E-state index < -0.39 is 22.7 Å². The summed E-state index contributed by atoms with van der Waals surface area (Å²) in [5.74, 6) is 0.784. The first-order chi connectivity index (χ1) is 12.1. The predicted molar refractivity (Wildman–Crippen MR) is 105 cm³/mol. The lowest BCUT2D eigenvalue weighted by atomic mass is 9.81. The lowest BCUT2D eigenvalue weighted by molar-refractivity contribution is -0.0190. The highest BCUT2D eigenvalue weighted by molar-refractivity contribution is 9.10. The number of ether oxygens (including phenoxy) is 1. The lowest BCUT2D eigenvalue weighted by Gasteiger charge is -2.46. The monoisotopic (exact) mass is 444 g/mol. The van der Waals surface area contributed by atoms with Crippen molar-refractivity contribution >= 4 is 33.0 Å². The van der Waals surface area contributed by atoms with E-state index in [0.29, 0.717) is 32.4 Å². The molecule has 0 bridgehead atoms. The second kappa shape index (κ2) is 7.13. The summed E-state index contributed by atoms with van der Waals surface area (Å²) in [5, 5.41) is 9.20. The summed E-state index contributed by atoms with van der Waals surface area (Å²) >= 11 is 3.50. The molecule has 1 amide bonds. The fourth-order valence-corrected chi connectivity index (χ4v) is 4.67. The average molecular weight is 445 g/mol. The van der Waals surface area contributed by atoms with Crippen molar-refractivity contribution in [3.05, 3.63) is 28.2 Å². The van der Waals surface area contributed by atoms with Gasteiger partial charge in [0.2, 0.25) is 0 Å². The van der Waals surface area contributed by atoms with Crippen molar-refractivity contribution in [3.63, 3.8) is 0 Å². The molecule has 8 heteroatoms. The average Bonchev–Trinajstić information content (AvgIpc) is 2.55. The van der Waals surface area contributed by atoms with Crippen LogP contribution in [0.25, 0.3) is 0 Å². The van der Waals surface area contributed by atoms with Crippen LogP contribution in [0.4, 0.5) is 4.79 Å². The fraction of sp³-hybridized carbons (Fsp3) is 0.611. The molecule has 1 unspecified atom stereocenters. The van der Waals surface area contributed by atoms with E-state index in [2.05, 4.69) is 20.7 Å². The van der Waals surface area contributed by atoms with Gasteiger partial charge in [-0.2, -0.15) is 0 Å². The molecule has 0 aromatic heterocycles. The third-order valence-electron chi connectivity index (χ3n) is 5.00. The minimum atomic E-state index is -1.21. The van der Waals surface area contributed by atoms with Crippen LogP contribution in [-0.4, -0.2) is 43.7 Å². The molecule has 1 spiro atoms. The zero-order chi connectivity index (χ0) is 19.1. The molecule has 2 aliphatic heterocycles. The number of hydrogen-bond acceptors (Lipinski definition) is 3. The SMILES string of the molecule is CC(C)(C)S(=O)N[C@H]1CC2(CCN(C(=O)O)CC2)Oc2ccc(Br)cc21. The summed E-state index contributed by atoms with van der Waals surface area (Å²) in [5.41, 5.74) is 0.565. The van der Waals surface area contributed by atoms with Crippen LogP contribution < -0.4 is 9.46 Å². The van der Waals surface area contributed by atoms with Crippen LogP contribution in [0.5, 0.6) is 5.75 Å². The molecule has 3 rings (SSSR count). The Balaban J connectivity index is 1.87. The van der Waals surface area contributed by atoms with Gasteiger partial charge in [-0.1, -0.05) is 15.9 Å². The molecular weight excluding hydrogens is 420 g/mol. The van der Waals surface area contributed by atoms with Crippen molar-refractivity contribution in [2.75, 3.05) is 13.1 Å². The number of fused-ring (bicyclic) bond motifs is 1.